The Labute approximate surface area is 154 Å². The van der Waals surface area contributed by atoms with Gasteiger partial charge in [0.25, 0.3) is 0 Å². The molecule has 1 fully saturated rings. The molecule has 0 aliphatic heterocycles. The lowest BCUT2D eigenvalue weighted by Gasteiger charge is -2.17. The molecule has 0 radical (unpaired) electrons. The Balaban J connectivity index is 2.23. The first-order chi connectivity index (χ1) is 12.0. The van der Waals surface area contributed by atoms with E-state index < -0.39 is 12.4 Å². The van der Waals surface area contributed by atoms with Crippen molar-refractivity contribution in [2.75, 3.05) is 6.61 Å². The van der Waals surface area contributed by atoms with Gasteiger partial charge in [0.05, 0.1) is 6.61 Å². The molecule has 3 nitrogen and oxygen atoms in total. The fourth-order valence-corrected chi connectivity index (χ4v) is 3.74. The molecule has 0 bridgehead atoms. The number of aliphatic hydroxyl groups excluding tert-OH is 1. The molecule has 0 heterocycles. The van der Waals surface area contributed by atoms with Crippen molar-refractivity contribution in [1.82, 2.24) is 0 Å². The molecule has 25 heavy (non-hydrogen) atoms. The number of hydrogen-bond donors (Lipinski definition) is 3. The first-order valence-electron chi connectivity index (χ1n) is 10.4. The van der Waals surface area contributed by atoms with Gasteiger partial charge in [0, 0.05) is 6.42 Å². The second kappa shape index (κ2) is 12.7. The molecule has 0 aromatic rings. The molecule has 1 aliphatic rings. The monoisotopic (exact) mass is 352 g/mol. The Kier molecular flexibility index (Phi) is 11.4. The molecule has 1 saturated carbocycles. The fraction of sp³-hybridized carbons (Fsp3) is 0.818. The Morgan fingerprint density at radius 2 is 1.92 bits per heavy atom. The van der Waals surface area contributed by atoms with Crippen LogP contribution in [0.3, 0.4) is 0 Å². The Morgan fingerprint density at radius 3 is 2.64 bits per heavy atom. The van der Waals surface area contributed by atoms with E-state index in [1.165, 1.54) is 44.9 Å². The maximum absolute atomic E-state index is 9.33. The topological polar surface area (TPSA) is 60.7 Å². The standard InChI is InChI=1S/C22H40O3/c1-3-4-11-19(2)12-9-14-21-16-10-15-20(21)13-7-5-6-8-17-22(24,25)18-23/h5,7,9,14,19-21,23-25H,3-4,6,8,10-13,15-18H2,1-2H3/t19?,20-,21-/m0/s1. The van der Waals surface area contributed by atoms with Crippen molar-refractivity contribution in [1.29, 1.82) is 0 Å². The Hall–Kier alpha value is -0.640. The van der Waals surface area contributed by atoms with Crippen LogP contribution in [0, 0.1) is 17.8 Å². The molecule has 1 rings (SSSR count). The van der Waals surface area contributed by atoms with Crippen LogP contribution in [-0.4, -0.2) is 27.7 Å². The van der Waals surface area contributed by atoms with Crippen molar-refractivity contribution < 1.29 is 15.3 Å². The number of hydrogen-bond acceptors (Lipinski definition) is 3. The van der Waals surface area contributed by atoms with Crippen molar-refractivity contribution in [3.8, 4) is 0 Å². The predicted molar refractivity (Wildman–Crippen MR) is 105 cm³/mol. The first-order valence-corrected chi connectivity index (χ1v) is 10.4. The zero-order valence-electron chi connectivity index (χ0n) is 16.4. The van der Waals surface area contributed by atoms with E-state index in [9.17, 15) is 10.2 Å². The molecule has 3 heteroatoms. The van der Waals surface area contributed by atoms with Crippen LogP contribution in [0.2, 0.25) is 0 Å². The summed E-state index contributed by atoms with van der Waals surface area (Å²) in [6.07, 6.45) is 21.4. The van der Waals surface area contributed by atoms with Crippen LogP contribution in [0.5, 0.6) is 0 Å². The first kappa shape index (κ1) is 22.4. The second-order valence-corrected chi connectivity index (χ2v) is 8.01. The summed E-state index contributed by atoms with van der Waals surface area (Å²) in [5.74, 6) is 0.398. The maximum Gasteiger partial charge on any atom is 0.186 e. The normalized spacial score (nSPS) is 23.1. The van der Waals surface area contributed by atoms with Gasteiger partial charge in [-0.2, -0.15) is 0 Å². The molecule has 146 valence electrons. The average Bonchev–Trinajstić information content (AvgIpc) is 3.03. The minimum Gasteiger partial charge on any atom is -0.391 e. The summed E-state index contributed by atoms with van der Waals surface area (Å²) in [7, 11) is 0. The maximum atomic E-state index is 9.33. The van der Waals surface area contributed by atoms with E-state index in [2.05, 4.69) is 38.2 Å². The summed E-state index contributed by atoms with van der Waals surface area (Å²) in [5, 5.41) is 27.5. The lowest BCUT2D eigenvalue weighted by molar-refractivity contribution is -0.191. The molecule has 1 aliphatic carbocycles. The lowest BCUT2D eigenvalue weighted by Crippen LogP contribution is -2.32. The minimum atomic E-state index is -1.91. The SMILES string of the molecule is CCCCC(C)CC=C[C@H]1CCC[C@@H]1CC=CCCCC(O)(O)CO. The van der Waals surface area contributed by atoms with Crippen LogP contribution in [0.1, 0.15) is 84.5 Å². The smallest absolute Gasteiger partial charge is 0.186 e. The predicted octanol–water partition coefficient (Wildman–Crippen LogP) is 4.97. The largest absolute Gasteiger partial charge is 0.391 e. The van der Waals surface area contributed by atoms with E-state index in [0.29, 0.717) is 6.42 Å². The summed E-state index contributed by atoms with van der Waals surface area (Å²) in [4.78, 5) is 0. The quantitative estimate of drug-likeness (QED) is 0.249. The van der Waals surface area contributed by atoms with Crippen LogP contribution in [-0.2, 0) is 0 Å². The Morgan fingerprint density at radius 1 is 1.12 bits per heavy atom. The summed E-state index contributed by atoms with van der Waals surface area (Å²) in [5.41, 5.74) is 0. The van der Waals surface area contributed by atoms with Gasteiger partial charge < -0.3 is 15.3 Å². The summed E-state index contributed by atoms with van der Waals surface area (Å²) in [6, 6.07) is 0. The minimum absolute atomic E-state index is 0.221. The van der Waals surface area contributed by atoms with Crippen LogP contribution < -0.4 is 0 Å². The van der Waals surface area contributed by atoms with E-state index in [-0.39, 0.29) is 6.42 Å². The number of rotatable bonds is 13. The molecule has 1 unspecified atom stereocenters. The second-order valence-electron chi connectivity index (χ2n) is 8.01. The summed E-state index contributed by atoms with van der Waals surface area (Å²) < 4.78 is 0. The van der Waals surface area contributed by atoms with Gasteiger partial charge in [0.1, 0.15) is 0 Å². The van der Waals surface area contributed by atoms with Crippen molar-refractivity contribution in [3.05, 3.63) is 24.3 Å². The van der Waals surface area contributed by atoms with E-state index in [1.807, 2.05) is 0 Å². The highest BCUT2D eigenvalue weighted by molar-refractivity contribution is 4.98. The third kappa shape index (κ3) is 10.2. The fourth-order valence-electron chi connectivity index (χ4n) is 3.74. The molecular weight excluding hydrogens is 312 g/mol. The van der Waals surface area contributed by atoms with Gasteiger partial charge in [-0.3, -0.25) is 0 Å². The van der Waals surface area contributed by atoms with Gasteiger partial charge in [-0.1, -0.05) is 63.8 Å². The molecule has 0 spiro atoms. The third-order valence-electron chi connectivity index (χ3n) is 5.50. The van der Waals surface area contributed by atoms with Crippen molar-refractivity contribution in [3.63, 3.8) is 0 Å². The van der Waals surface area contributed by atoms with Gasteiger partial charge in [0.2, 0.25) is 0 Å². The van der Waals surface area contributed by atoms with Crippen LogP contribution in [0.15, 0.2) is 24.3 Å². The zero-order chi connectivity index (χ0) is 18.5. The number of aliphatic hydroxyl groups is 3. The Bertz CT molecular complexity index is 387. The molecule has 0 aromatic heterocycles. The summed E-state index contributed by atoms with van der Waals surface area (Å²) >= 11 is 0. The van der Waals surface area contributed by atoms with Crippen LogP contribution >= 0.6 is 0 Å². The van der Waals surface area contributed by atoms with Gasteiger partial charge >= 0.3 is 0 Å². The van der Waals surface area contributed by atoms with Gasteiger partial charge in [-0.25, -0.2) is 0 Å². The van der Waals surface area contributed by atoms with Gasteiger partial charge in [-0.05, 0) is 56.3 Å². The van der Waals surface area contributed by atoms with E-state index in [4.69, 9.17) is 5.11 Å². The molecule has 3 atom stereocenters. The van der Waals surface area contributed by atoms with E-state index >= 15 is 0 Å². The highest BCUT2D eigenvalue weighted by Gasteiger charge is 2.24. The molecule has 0 amide bonds. The average molecular weight is 353 g/mol. The molecule has 0 saturated heterocycles. The number of allylic oxidation sites excluding steroid dienone is 4. The van der Waals surface area contributed by atoms with Gasteiger partial charge in [-0.15, -0.1) is 0 Å². The van der Waals surface area contributed by atoms with Gasteiger partial charge in [0.15, 0.2) is 5.79 Å². The van der Waals surface area contributed by atoms with Crippen molar-refractivity contribution in [2.24, 2.45) is 17.8 Å². The van der Waals surface area contributed by atoms with Crippen molar-refractivity contribution >= 4 is 0 Å². The van der Waals surface area contributed by atoms with Crippen molar-refractivity contribution in [2.45, 2.75) is 90.3 Å². The highest BCUT2D eigenvalue weighted by Crippen LogP contribution is 2.35. The molecule has 3 N–H and O–H groups in total. The molecular formula is C22H40O3. The highest BCUT2D eigenvalue weighted by atomic mass is 16.5. The lowest BCUT2D eigenvalue weighted by atomic mass is 9.91. The van der Waals surface area contributed by atoms with E-state index in [0.717, 1.165) is 30.6 Å². The third-order valence-corrected chi connectivity index (χ3v) is 5.50. The number of unbranched alkanes of at least 4 members (excludes halogenated alkanes) is 2. The van der Waals surface area contributed by atoms with Crippen LogP contribution in [0.4, 0.5) is 0 Å². The van der Waals surface area contributed by atoms with E-state index in [1.54, 1.807) is 0 Å². The molecule has 0 aromatic carbocycles. The zero-order valence-corrected chi connectivity index (χ0v) is 16.4. The van der Waals surface area contributed by atoms with Crippen LogP contribution in [0.25, 0.3) is 0 Å². The summed E-state index contributed by atoms with van der Waals surface area (Å²) in [6.45, 7) is 4.03.